The van der Waals surface area contributed by atoms with Crippen molar-refractivity contribution < 1.29 is 0 Å². The van der Waals surface area contributed by atoms with Crippen LogP contribution in [0.1, 0.15) is 16.8 Å². The Morgan fingerprint density at radius 3 is 2.89 bits per heavy atom. The van der Waals surface area contributed by atoms with Gasteiger partial charge in [-0.3, -0.25) is 0 Å². The molecule has 1 aromatic carbocycles. The van der Waals surface area contributed by atoms with E-state index in [2.05, 4.69) is 62.7 Å². The number of benzene rings is 1. The van der Waals surface area contributed by atoms with Crippen LogP contribution in [0.5, 0.6) is 0 Å². The van der Waals surface area contributed by atoms with Crippen molar-refractivity contribution in [3.05, 3.63) is 70.1 Å². The molecule has 18 heavy (non-hydrogen) atoms. The summed E-state index contributed by atoms with van der Waals surface area (Å²) >= 11 is 3.47. The van der Waals surface area contributed by atoms with Crippen molar-refractivity contribution in [2.45, 2.75) is 13.3 Å². The highest BCUT2D eigenvalue weighted by atomic mass is 79.9. The van der Waals surface area contributed by atoms with Crippen molar-refractivity contribution >= 4 is 21.6 Å². The van der Waals surface area contributed by atoms with Crippen LogP contribution < -0.4 is 0 Å². The summed E-state index contributed by atoms with van der Waals surface area (Å²) in [6.45, 7) is 2.12. The van der Waals surface area contributed by atoms with E-state index in [1.165, 1.54) is 11.1 Å². The summed E-state index contributed by atoms with van der Waals surface area (Å²) in [5, 5.41) is 0. The third kappa shape index (κ3) is 2.31. The Balaban J connectivity index is 1.95. The second kappa shape index (κ2) is 4.58. The molecule has 0 saturated heterocycles. The summed E-state index contributed by atoms with van der Waals surface area (Å²) in [6.07, 6.45) is 4.99. The van der Waals surface area contributed by atoms with Gasteiger partial charge in [0, 0.05) is 23.3 Å². The fourth-order valence-corrected chi connectivity index (χ4v) is 2.49. The van der Waals surface area contributed by atoms with Crippen LogP contribution in [0.25, 0.3) is 5.65 Å². The Hall–Kier alpha value is -1.61. The van der Waals surface area contributed by atoms with Crippen molar-refractivity contribution in [3.8, 4) is 0 Å². The van der Waals surface area contributed by atoms with Crippen molar-refractivity contribution in [1.82, 2.24) is 9.38 Å². The van der Waals surface area contributed by atoms with Crippen LogP contribution >= 0.6 is 15.9 Å². The quantitative estimate of drug-likeness (QED) is 0.699. The van der Waals surface area contributed by atoms with Crippen molar-refractivity contribution in [2.75, 3.05) is 0 Å². The molecule has 0 radical (unpaired) electrons. The maximum absolute atomic E-state index is 4.62. The molecule has 2 heterocycles. The van der Waals surface area contributed by atoms with Gasteiger partial charge in [-0.05, 0) is 40.5 Å². The van der Waals surface area contributed by atoms with Crippen LogP contribution in [0.2, 0.25) is 0 Å². The van der Waals surface area contributed by atoms with Crippen LogP contribution in [0, 0.1) is 6.92 Å². The SMILES string of the molecule is Cc1cccc(Cc2cn3cc(Br)ccc3n2)c1. The van der Waals surface area contributed by atoms with Crippen LogP contribution in [-0.4, -0.2) is 9.38 Å². The summed E-state index contributed by atoms with van der Waals surface area (Å²) in [7, 11) is 0. The minimum absolute atomic E-state index is 0.876. The average Bonchev–Trinajstić information content (AvgIpc) is 2.70. The van der Waals surface area contributed by atoms with E-state index < -0.39 is 0 Å². The van der Waals surface area contributed by atoms with E-state index in [1.807, 2.05) is 18.3 Å². The minimum atomic E-state index is 0.876. The number of imidazole rings is 1. The Labute approximate surface area is 114 Å². The number of rotatable bonds is 2. The van der Waals surface area contributed by atoms with E-state index in [9.17, 15) is 0 Å². The van der Waals surface area contributed by atoms with Crippen LogP contribution in [0.3, 0.4) is 0 Å². The highest BCUT2D eigenvalue weighted by Gasteiger charge is 2.03. The summed E-state index contributed by atoms with van der Waals surface area (Å²) in [5.41, 5.74) is 4.68. The van der Waals surface area contributed by atoms with E-state index in [0.717, 1.165) is 22.2 Å². The first kappa shape index (κ1) is 11.5. The molecule has 0 saturated carbocycles. The lowest BCUT2D eigenvalue weighted by atomic mass is 10.1. The Morgan fingerprint density at radius 1 is 1.17 bits per heavy atom. The number of aromatic nitrogens is 2. The molecule has 0 aliphatic carbocycles. The van der Waals surface area contributed by atoms with Crippen molar-refractivity contribution in [1.29, 1.82) is 0 Å². The second-order valence-corrected chi connectivity index (χ2v) is 5.43. The molecule has 2 aromatic heterocycles. The third-order valence-electron chi connectivity index (χ3n) is 2.93. The lowest BCUT2D eigenvalue weighted by molar-refractivity contribution is 1.11. The van der Waals surface area contributed by atoms with Gasteiger partial charge >= 0.3 is 0 Å². The lowest BCUT2D eigenvalue weighted by Crippen LogP contribution is -1.88. The molecule has 3 aromatic rings. The Morgan fingerprint density at radius 2 is 2.06 bits per heavy atom. The van der Waals surface area contributed by atoms with Gasteiger partial charge in [0.05, 0.1) is 5.69 Å². The van der Waals surface area contributed by atoms with Gasteiger partial charge in [-0.2, -0.15) is 0 Å². The topological polar surface area (TPSA) is 17.3 Å². The maximum atomic E-state index is 4.62. The zero-order valence-corrected chi connectivity index (χ0v) is 11.7. The number of halogens is 1. The van der Waals surface area contributed by atoms with Gasteiger partial charge < -0.3 is 4.40 Å². The molecular weight excluding hydrogens is 288 g/mol. The largest absolute Gasteiger partial charge is 0.306 e. The molecule has 3 heteroatoms. The first-order valence-corrected chi connectivity index (χ1v) is 6.69. The zero-order chi connectivity index (χ0) is 12.5. The lowest BCUT2D eigenvalue weighted by Gasteiger charge is -1.99. The molecule has 3 rings (SSSR count). The Kier molecular flexibility index (Phi) is 2.92. The number of fused-ring (bicyclic) bond motifs is 1. The smallest absolute Gasteiger partial charge is 0.137 e. The average molecular weight is 301 g/mol. The molecule has 0 N–H and O–H groups in total. The second-order valence-electron chi connectivity index (χ2n) is 4.51. The molecular formula is C15H13BrN2. The molecule has 0 aliphatic heterocycles. The normalized spacial score (nSPS) is 11.0. The minimum Gasteiger partial charge on any atom is -0.306 e. The predicted molar refractivity (Wildman–Crippen MR) is 76.9 cm³/mol. The first-order chi connectivity index (χ1) is 8.70. The van der Waals surface area contributed by atoms with Gasteiger partial charge in [-0.25, -0.2) is 4.98 Å². The van der Waals surface area contributed by atoms with Gasteiger partial charge in [-0.15, -0.1) is 0 Å². The summed E-state index contributed by atoms with van der Waals surface area (Å²) in [6, 6.07) is 12.6. The van der Waals surface area contributed by atoms with E-state index in [4.69, 9.17) is 0 Å². The van der Waals surface area contributed by atoms with Gasteiger partial charge in [0.2, 0.25) is 0 Å². The van der Waals surface area contributed by atoms with Gasteiger partial charge in [0.25, 0.3) is 0 Å². The number of pyridine rings is 1. The molecule has 0 bridgehead atoms. The Bertz CT molecular complexity index is 701. The monoisotopic (exact) mass is 300 g/mol. The standard InChI is InChI=1S/C15H13BrN2/c1-11-3-2-4-12(7-11)8-14-10-18-9-13(16)5-6-15(18)17-14/h2-7,9-10H,8H2,1H3. The fraction of sp³-hybridized carbons (Fsp3) is 0.133. The molecule has 0 amide bonds. The predicted octanol–water partition coefficient (Wildman–Crippen LogP) is 4.00. The van der Waals surface area contributed by atoms with E-state index >= 15 is 0 Å². The number of aryl methyl sites for hydroxylation is 1. The number of nitrogens with zero attached hydrogens (tertiary/aromatic N) is 2. The van der Waals surface area contributed by atoms with Crippen LogP contribution in [0.4, 0.5) is 0 Å². The van der Waals surface area contributed by atoms with Gasteiger partial charge in [-0.1, -0.05) is 29.8 Å². The first-order valence-electron chi connectivity index (χ1n) is 5.89. The molecule has 0 aliphatic rings. The van der Waals surface area contributed by atoms with Crippen molar-refractivity contribution in [3.63, 3.8) is 0 Å². The summed E-state index contributed by atoms with van der Waals surface area (Å²) in [4.78, 5) is 4.62. The fourth-order valence-electron chi connectivity index (χ4n) is 2.13. The van der Waals surface area contributed by atoms with E-state index in [-0.39, 0.29) is 0 Å². The highest BCUT2D eigenvalue weighted by molar-refractivity contribution is 9.10. The zero-order valence-electron chi connectivity index (χ0n) is 10.1. The van der Waals surface area contributed by atoms with E-state index in [1.54, 1.807) is 0 Å². The molecule has 90 valence electrons. The van der Waals surface area contributed by atoms with Crippen LogP contribution in [-0.2, 0) is 6.42 Å². The summed E-state index contributed by atoms with van der Waals surface area (Å²) in [5.74, 6) is 0. The molecule has 2 nitrogen and oxygen atoms in total. The summed E-state index contributed by atoms with van der Waals surface area (Å²) < 4.78 is 3.12. The molecule has 0 fully saturated rings. The van der Waals surface area contributed by atoms with E-state index in [0.29, 0.717) is 0 Å². The van der Waals surface area contributed by atoms with Crippen molar-refractivity contribution in [2.24, 2.45) is 0 Å². The van der Waals surface area contributed by atoms with Gasteiger partial charge in [0.1, 0.15) is 5.65 Å². The molecule has 0 atom stereocenters. The highest BCUT2D eigenvalue weighted by Crippen LogP contribution is 2.15. The maximum Gasteiger partial charge on any atom is 0.137 e. The number of hydrogen-bond acceptors (Lipinski definition) is 1. The molecule has 0 unspecified atom stereocenters. The van der Waals surface area contributed by atoms with Crippen LogP contribution in [0.15, 0.2) is 53.3 Å². The number of hydrogen-bond donors (Lipinski definition) is 0. The third-order valence-corrected chi connectivity index (χ3v) is 3.40. The van der Waals surface area contributed by atoms with Gasteiger partial charge in [0.15, 0.2) is 0 Å². The molecule has 0 spiro atoms.